The molecule has 4 nitrogen and oxygen atoms in total. The zero-order valence-corrected chi connectivity index (χ0v) is 32.6. The maximum atomic E-state index is 5.14. The molecule has 55 heavy (non-hydrogen) atoms. The van der Waals surface area contributed by atoms with Gasteiger partial charge in [0.2, 0.25) is 0 Å². The molecule has 0 fully saturated rings. The predicted molar refractivity (Wildman–Crippen MR) is 242 cm³/mol. The molecule has 0 radical (unpaired) electrons. The fourth-order valence-corrected chi connectivity index (χ4v) is 5.42. The minimum absolute atomic E-state index is 0.101. The molecular weight excluding hydrogens is 669 g/mol. The van der Waals surface area contributed by atoms with E-state index in [4.69, 9.17) is 15.0 Å². The van der Waals surface area contributed by atoms with Crippen molar-refractivity contribution in [1.82, 2.24) is 10.3 Å². The summed E-state index contributed by atoms with van der Waals surface area (Å²) in [5.41, 5.74) is 11.1. The van der Waals surface area contributed by atoms with Crippen molar-refractivity contribution in [1.29, 1.82) is 0 Å². The zero-order valence-electron chi connectivity index (χ0n) is 32.6. The summed E-state index contributed by atoms with van der Waals surface area (Å²) in [6.45, 7) is 20.2. The summed E-state index contributed by atoms with van der Waals surface area (Å²) in [5, 5.41) is 3.52. The van der Waals surface area contributed by atoms with E-state index in [0.717, 1.165) is 61.4 Å². The molecule has 0 spiro atoms. The molecule has 1 atom stereocenters. The highest BCUT2D eigenvalue weighted by atomic mass is 14.9. The Balaban J connectivity index is 1.87. The Bertz CT molecular complexity index is 2180. The number of aliphatic imine (C=N–C) groups is 2. The first kappa shape index (κ1) is 41.1. The Morgan fingerprint density at radius 3 is 2.29 bits per heavy atom. The number of hydrogen-bond donors (Lipinski definition) is 1. The van der Waals surface area contributed by atoms with Crippen LogP contribution in [0.15, 0.2) is 205 Å². The van der Waals surface area contributed by atoms with E-state index in [1.165, 1.54) is 0 Å². The third kappa shape index (κ3) is 13.4. The van der Waals surface area contributed by atoms with Gasteiger partial charge < -0.3 is 5.32 Å². The van der Waals surface area contributed by atoms with Crippen LogP contribution < -0.4 is 5.32 Å². The van der Waals surface area contributed by atoms with E-state index in [9.17, 15) is 0 Å². The number of nitrogens with one attached hydrogen (secondary N) is 1. The van der Waals surface area contributed by atoms with E-state index in [2.05, 4.69) is 123 Å². The average Bonchev–Trinajstić information content (AvgIpc) is 3.21. The van der Waals surface area contributed by atoms with Gasteiger partial charge in [0.15, 0.2) is 5.84 Å². The lowest BCUT2D eigenvalue weighted by atomic mass is 9.94. The summed E-state index contributed by atoms with van der Waals surface area (Å²) in [4.78, 5) is 14.9. The van der Waals surface area contributed by atoms with Crippen molar-refractivity contribution in [2.75, 3.05) is 0 Å². The van der Waals surface area contributed by atoms with Gasteiger partial charge in [0.05, 0.1) is 12.6 Å². The van der Waals surface area contributed by atoms with Gasteiger partial charge in [-0.2, -0.15) is 0 Å². The summed E-state index contributed by atoms with van der Waals surface area (Å²) in [5.74, 6) is 0.604. The molecule has 1 aliphatic rings. The largest absolute Gasteiger partial charge is 0.381 e. The summed E-state index contributed by atoms with van der Waals surface area (Å²) >= 11 is 0. The third-order valence-electron chi connectivity index (χ3n) is 8.52. The second kappa shape index (κ2) is 22.4. The molecule has 1 aromatic heterocycles. The van der Waals surface area contributed by atoms with Crippen LogP contribution in [0.1, 0.15) is 54.3 Å². The van der Waals surface area contributed by atoms with Gasteiger partial charge in [-0.05, 0) is 90.9 Å². The summed E-state index contributed by atoms with van der Waals surface area (Å²) < 4.78 is 0. The van der Waals surface area contributed by atoms with E-state index in [1.54, 1.807) is 18.2 Å². The molecule has 1 unspecified atom stereocenters. The van der Waals surface area contributed by atoms with Crippen molar-refractivity contribution in [3.8, 4) is 11.1 Å². The molecule has 3 aromatic rings. The lowest BCUT2D eigenvalue weighted by Gasteiger charge is -2.17. The van der Waals surface area contributed by atoms with E-state index in [0.29, 0.717) is 12.4 Å². The summed E-state index contributed by atoms with van der Waals surface area (Å²) in [7, 11) is 0. The molecular formula is C51H52N4. The van der Waals surface area contributed by atoms with Crippen LogP contribution in [-0.2, 0) is 6.54 Å². The number of aryl methyl sites for hydroxylation is 1. The lowest BCUT2D eigenvalue weighted by Crippen LogP contribution is -2.22. The van der Waals surface area contributed by atoms with Gasteiger partial charge in [-0.25, -0.2) is 4.99 Å². The van der Waals surface area contributed by atoms with Gasteiger partial charge in [0, 0.05) is 35.4 Å². The van der Waals surface area contributed by atoms with Crippen LogP contribution in [0.3, 0.4) is 0 Å². The SMILES string of the molecule is C=C/C=C\c1ccc(C\N=C(/N=C/C(C=C)=C/C=C(C)/C=C\C=C/C)c2cc(C3=CNC(/C=C\C=C/C)C=C3)cc(-c3cnc(C)c(/C=C\C=C)c3)c2)cc1. The van der Waals surface area contributed by atoms with Gasteiger partial charge in [0.25, 0.3) is 0 Å². The smallest absolute Gasteiger partial charge is 0.154 e. The second-order valence-electron chi connectivity index (χ2n) is 12.8. The number of benzene rings is 2. The quantitative estimate of drug-likeness (QED) is 0.0910. The topological polar surface area (TPSA) is 49.6 Å². The molecule has 4 rings (SSSR count). The molecule has 1 aliphatic heterocycles. The maximum absolute atomic E-state index is 5.14. The lowest BCUT2D eigenvalue weighted by molar-refractivity contribution is 0.832. The maximum Gasteiger partial charge on any atom is 0.154 e. The number of aromatic nitrogens is 1. The van der Waals surface area contributed by atoms with Crippen molar-refractivity contribution in [3.63, 3.8) is 0 Å². The Hall–Kier alpha value is -6.65. The first-order chi connectivity index (χ1) is 26.9. The highest BCUT2D eigenvalue weighted by Crippen LogP contribution is 2.29. The summed E-state index contributed by atoms with van der Waals surface area (Å²) in [6.07, 6.45) is 43.8. The minimum Gasteiger partial charge on any atom is -0.381 e. The Morgan fingerprint density at radius 2 is 1.58 bits per heavy atom. The van der Waals surface area contributed by atoms with E-state index in [-0.39, 0.29) is 6.04 Å². The normalized spacial score (nSPS) is 15.7. The van der Waals surface area contributed by atoms with Crippen LogP contribution in [0.5, 0.6) is 0 Å². The van der Waals surface area contributed by atoms with E-state index in [1.807, 2.05) is 93.9 Å². The van der Waals surface area contributed by atoms with Crippen LogP contribution in [0.2, 0.25) is 0 Å². The molecule has 0 saturated heterocycles. The standard InChI is InChI=1S/C51H52N4/c1-8-13-17-19-39(6)23-24-41(12-5)35-54-51(55-36-43-27-25-42(26-28-43)20-15-10-3)48-33-46(45-29-30-50(53-37-45)22-18-14-9-2)32-47(34-48)49-31-44(21-16-11-4)40(7)52-38-49/h8-35,37-38,50,53H,3-5,36H2,1-2,6-7H3/b13-8-,14-9-,19-17-,20-15-,21-16-,22-18-,39-23+,41-24+,54-35+,55-51-. The number of amidine groups is 1. The van der Waals surface area contributed by atoms with Crippen molar-refractivity contribution >= 4 is 29.8 Å². The number of nitrogens with zero attached hydrogens (tertiary/aromatic N) is 3. The van der Waals surface area contributed by atoms with Gasteiger partial charge in [-0.1, -0.05) is 165 Å². The average molecular weight is 721 g/mol. The number of allylic oxidation sites excluding steroid dienone is 18. The van der Waals surface area contributed by atoms with Crippen LogP contribution in [-0.4, -0.2) is 23.1 Å². The molecule has 0 amide bonds. The van der Waals surface area contributed by atoms with Crippen molar-refractivity contribution < 1.29 is 0 Å². The molecule has 0 bridgehead atoms. The Morgan fingerprint density at radius 1 is 0.836 bits per heavy atom. The number of hydrogen-bond acceptors (Lipinski definition) is 3. The fourth-order valence-electron chi connectivity index (χ4n) is 5.42. The van der Waals surface area contributed by atoms with Gasteiger partial charge in [-0.3, -0.25) is 9.98 Å². The van der Waals surface area contributed by atoms with Crippen LogP contribution in [0.4, 0.5) is 0 Å². The van der Waals surface area contributed by atoms with Gasteiger partial charge >= 0.3 is 0 Å². The summed E-state index contributed by atoms with van der Waals surface area (Å²) in [6, 6.07) is 17.1. The van der Waals surface area contributed by atoms with Crippen LogP contribution in [0.25, 0.3) is 28.9 Å². The van der Waals surface area contributed by atoms with E-state index >= 15 is 0 Å². The number of rotatable bonds is 16. The first-order valence-electron chi connectivity index (χ1n) is 18.5. The molecule has 276 valence electrons. The predicted octanol–water partition coefficient (Wildman–Crippen LogP) is 12.7. The minimum atomic E-state index is 0.101. The van der Waals surface area contributed by atoms with E-state index < -0.39 is 0 Å². The molecule has 0 saturated carbocycles. The Labute approximate surface area is 329 Å². The first-order valence-corrected chi connectivity index (χ1v) is 18.5. The Kier molecular flexibility index (Phi) is 16.8. The second-order valence-corrected chi connectivity index (χ2v) is 12.8. The van der Waals surface area contributed by atoms with Crippen LogP contribution in [0, 0.1) is 6.92 Å². The molecule has 4 heteroatoms. The van der Waals surface area contributed by atoms with Gasteiger partial charge in [0.1, 0.15) is 0 Å². The van der Waals surface area contributed by atoms with Crippen molar-refractivity contribution in [2.24, 2.45) is 9.98 Å². The molecule has 2 aromatic carbocycles. The number of dihydropyridines is 1. The highest BCUT2D eigenvalue weighted by molar-refractivity contribution is 6.07. The third-order valence-corrected chi connectivity index (χ3v) is 8.52. The molecule has 0 aliphatic carbocycles. The van der Waals surface area contributed by atoms with Crippen molar-refractivity contribution in [3.05, 3.63) is 229 Å². The fraction of sp³-hybridized carbons (Fsp3) is 0.118. The zero-order chi connectivity index (χ0) is 39.3. The monoisotopic (exact) mass is 720 g/mol. The molecule has 1 N–H and O–H groups in total. The van der Waals surface area contributed by atoms with Crippen molar-refractivity contribution in [2.45, 2.75) is 40.3 Å². The van der Waals surface area contributed by atoms with Gasteiger partial charge in [-0.15, -0.1) is 0 Å². The highest BCUT2D eigenvalue weighted by Gasteiger charge is 2.14. The van der Waals surface area contributed by atoms with Crippen LogP contribution >= 0.6 is 0 Å². The molecule has 2 heterocycles. The number of pyridine rings is 1.